The number of hydrogen-bond acceptors (Lipinski definition) is 6. The Balaban J connectivity index is 1.66. The highest BCUT2D eigenvalue weighted by Crippen LogP contribution is 2.27. The van der Waals surface area contributed by atoms with E-state index < -0.39 is 16.0 Å². The summed E-state index contributed by atoms with van der Waals surface area (Å²) in [4.78, 5) is 14.3. The minimum Gasteiger partial charge on any atom is -0.493 e. The van der Waals surface area contributed by atoms with Crippen LogP contribution >= 0.6 is 0 Å². The lowest BCUT2D eigenvalue weighted by Crippen LogP contribution is -2.18. The number of hydrazone groups is 1. The van der Waals surface area contributed by atoms with E-state index in [1.807, 2.05) is 30.3 Å². The zero-order chi connectivity index (χ0) is 22.1. The number of hydrogen-bond donors (Lipinski definition) is 1. The van der Waals surface area contributed by atoms with Gasteiger partial charge in [-0.1, -0.05) is 48.5 Å². The van der Waals surface area contributed by atoms with E-state index in [2.05, 4.69) is 9.93 Å². The highest BCUT2D eigenvalue weighted by atomic mass is 32.2. The molecule has 158 valence electrons. The summed E-state index contributed by atoms with van der Waals surface area (Å²) < 4.78 is 34.9. The lowest BCUT2D eigenvalue weighted by atomic mass is 10.2. The number of carbonyl (C=O) groups excluding carboxylic acids is 1. The molecule has 0 atom stereocenters. The van der Waals surface area contributed by atoms with Crippen LogP contribution in [0.3, 0.4) is 0 Å². The van der Waals surface area contributed by atoms with Crippen molar-refractivity contribution in [2.24, 2.45) is 5.10 Å². The van der Waals surface area contributed by atoms with E-state index in [0.29, 0.717) is 11.3 Å². The van der Waals surface area contributed by atoms with Gasteiger partial charge in [0.25, 0.3) is 10.0 Å². The molecule has 1 N–H and O–H groups in total. The van der Waals surface area contributed by atoms with Gasteiger partial charge in [0, 0.05) is 6.08 Å². The molecule has 3 aromatic rings. The van der Waals surface area contributed by atoms with Gasteiger partial charge in [0.05, 0.1) is 18.2 Å². The quantitative estimate of drug-likeness (QED) is 0.191. The molecule has 0 fully saturated rings. The maximum Gasteiger partial charge on any atom is 0.336 e. The molecule has 0 aliphatic carbocycles. The molecule has 7 nitrogen and oxygen atoms in total. The number of nitrogens with zero attached hydrogens (tertiary/aromatic N) is 1. The van der Waals surface area contributed by atoms with Crippen LogP contribution in [0.4, 0.5) is 0 Å². The van der Waals surface area contributed by atoms with Crippen LogP contribution in [-0.4, -0.2) is 27.7 Å². The molecule has 31 heavy (non-hydrogen) atoms. The Kier molecular flexibility index (Phi) is 7.18. The highest BCUT2D eigenvalue weighted by Gasteiger charge is 2.12. The second kappa shape index (κ2) is 10.2. The van der Waals surface area contributed by atoms with E-state index in [1.54, 1.807) is 42.5 Å². The fourth-order valence-corrected chi connectivity index (χ4v) is 3.35. The summed E-state index contributed by atoms with van der Waals surface area (Å²) in [6, 6.07) is 22.0. The third kappa shape index (κ3) is 6.28. The number of esters is 1. The van der Waals surface area contributed by atoms with Gasteiger partial charge >= 0.3 is 5.97 Å². The largest absolute Gasteiger partial charge is 0.493 e. The van der Waals surface area contributed by atoms with Gasteiger partial charge in [-0.25, -0.2) is 9.63 Å². The number of rotatable bonds is 8. The van der Waals surface area contributed by atoms with E-state index in [4.69, 9.17) is 9.47 Å². The van der Waals surface area contributed by atoms with E-state index >= 15 is 0 Å². The number of benzene rings is 3. The predicted molar refractivity (Wildman–Crippen MR) is 118 cm³/mol. The van der Waals surface area contributed by atoms with E-state index in [0.717, 1.165) is 5.56 Å². The first-order valence-electron chi connectivity index (χ1n) is 9.21. The topological polar surface area (TPSA) is 94.1 Å². The highest BCUT2D eigenvalue weighted by molar-refractivity contribution is 7.89. The van der Waals surface area contributed by atoms with Gasteiger partial charge in [0.2, 0.25) is 0 Å². The Morgan fingerprint density at radius 1 is 0.903 bits per heavy atom. The molecular formula is C23H20N2O5S. The lowest BCUT2D eigenvalue weighted by molar-refractivity contribution is -0.129. The second-order valence-corrected chi connectivity index (χ2v) is 7.90. The number of ether oxygens (including phenoxy) is 2. The van der Waals surface area contributed by atoms with Crippen molar-refractivity contribution in [3.8, 4) is 11.5 Å². The van der Waals surface area contributed by atoms with Crippen molar-refractivity contribution in [2.45, 2.75) is 4.90 Å². The third-order valence-electron chi connectivity index (χ3n) is 4.05. The van der Waals surface area contributed by atoms with E-state index in [-0.39, 0.29) is 10.6 Å². The van der Waals surface area contributed by atoms with Crippen LogP contribution in [0.2, 0.25) is 0 Å². The minimum atomic E-state index is -3.76. The lowest BCUT2D eigenvalue weighted by Gasteiger charge is -2.08. The van der Waals surface area contributed by atoms with Crippen molar-refractivity contribution in [2.75, 3.05) is 7.11 Å². The molecule has 0 saturated heterocycles. The average Bonchev–Trinajstić information content (AvgIpc) is 2.80. The van der Waals surface area contributed by atoms with Crippen molar-refractivity contribution in [1.29, 1.82) is 0 Å². The van der Waals surface area contributed by atoms with Gasteiger partial charge in [-0.2, -0.15) is 13.5 Å². The number of sulfonamides is 1. The molecule has 0 aliphatic heterocycles. The SMILES string of the molecule is COc1cc(C=NNS(=O)(=O)c2ccccc2)ccc1OC(=O)C=Cc1ccccc1. The van der Waals surface area contributed by atoms with Gasteiger partial charge in [0.15, 0.2) is 11.5 Å². The molecule has 0 saturated carbocycles. The van der Waals surface area contributed by atoms with Crippen LogP contribution in [0.1, 0.15) is 11.1 Å². The van der Waals surface area contributed by atoms with Crippen molar-refractivity contribution in [1.82, 2.24) is 4.83 Å². The summed E-state index contributed by atoms with van der Waals surface area (Å²) >= 11 is 0. The number of methoxy groups -OCH3 is 1. The van der Waals surface area contributed by atoms with Crippen LogP contribution < -0.4 is 14.3 Å². The van der Waals surface area contributed by atoms with Gasteiger partial charge in [0.1, 0.15) is 0 Å². The third-order valence-corrected chi connectivity index (χ3v) is 5.29. The summed E-state index contributed by atoms with van der Waals surface area (Å²) in [5.41, 5.74) is 1.42. The molecule has 0 aliphatic rings. The van der Waals surface area contributed by atoms with Crippen LogP contribution in [0.25, 0.3) is 6.08 Å². The summed E-state index contributed by atoms with van der Waals surface area (Å²) in [5.74, 6) is -0.0252. The van der Waals surface area contributed by atoms with Gasteiger partial charge < -0.3 is 9.47 Å². The standard InChI is InChI=1S/C23H20N2O5S/c1-29-22-16-19(17-24-25-31(27,28)20-10-6-3-7-11-20)12-14-21(22)30-23(26)15-13-18-8-4-2-5-9-18/h2-17,25H,1H3. The molecule has 3 aromatic carbocycles. The number of carbonyl (C=O) groups is 1. The molecule has 0 spiro atoms. The van der Waals surface area contributed by atoms with Gasteiger partial charge in [-0.15, -0.1) is 0 Å². The molecule has 0 bridgehead atoms. The van der Waals surface area contributed by atoms with E-state index in [1.165, 1.54) is 31.5 Å². The zero-order valence-electron chi connectivity index (χ0n) is 16.6. The fourth-order valence-electron chi connectivity index (χ4n) is 2.54. The van der Waals surface area contributed by atoms with Crippen molar-refractivity contribution in [3.63, 3.8) is 0 Å². The van der Waals surface area contributed by atoms with Crippen molar-refractivity contribution >= 4 is 28.3 Å². The maximum absolute atomic E-state index is 12.2. The summed E-state index contributed by atoms with van der Waals surface area (Å²) in [6.45, 7) is 0. The molecule has 3 rings (SSSR count). The number of nitrogens with one attached hydrogen (secondary N) is 1. The first kappa shape index (κ1) is 21.8. The Morgan fingerprint density at radius 3 is 2.26 bits per heavy atom. The molecular weight excluding hydrogens is 416 g/mol. The normalized spacial score (nSPS) is 11.5. The Morgan fingerprint density at radius 2 is 1.58 bits per heavy atom. The van der Waals surface area contributed by atoms with E-state index in [9.17, 15) is 13.2 Å². The first-order valence-corrected chi connectivity index (χ1v) is 10.7. The predicted octanol–water partition coefficient (Wildman–Crippen LogP) is 3.63. The monoisotopic (exact) mass is 436 g/mol. The van der Waals surface area contributed by atoms with Gasteiger partial charge in [-0.3, -0.25) is 0 Å². The zero-order valence-corrected chi connectivity index (χ0v) is 17.5. The van der Waals surface area contributed by atoms with Crippen LogP contribution in [0.15, 0.2) is 94.9 Å². The first-order chi connectivity index (χ1) is 15.0. The average molecular weight is 436 g/mol. The smallest absolute Gasteiger partial charge is 0.336 e. The molecule has 8 heteroatoms. The van der Waals surface area contributed by atoms with Crippen LogP contribution in [0, 0.1) is 0 Å². The molecule has 0 unspecified atom stereocenters. The maximum atomic E-state index is 12.2. The summed E-state index contributed by atoms with van der Waals surface area (Å²) in [6.07, 6.45) is 4.29. The summed E-state index contributed by atoms with van der Waals surface area (Å²) in [7, 11) is -2.32. The Labute approximate surface area is 180 Å². The van der Waals surface area contributed by atoms with Crippen LogP contribution in [0.5, 0.6) is 11.5 Å². The molecule has 0 aromatic heterocycles. The second-order valence-electron chi connectivity index (χ2n) is 6.24. The van der Waals surface area contributed by atoms with Crippen molar-refractivity contribution in [3.05, 3.63) is 96.1 Å². The Bertz CT molecular complexity index is 1190. The molecule has 0 amide bonds. The molecule has 0 heterocycles. The molecule has 0 radical (unpaired) electrons. The van der Waals surface area contributed by atoms with Gasteiger partial charge in [-0.05, 0) is 47.5 Å². The Hall–Kier alpha value is -3.91. The minimum absolute atomic E-state index is 0.107. The van der Waals surface area contributed by atoms with Crippen molar-refractivity contribution < 1.29 is 22.7 Å². The summed E-state index contributed by atoms with van der Waals surface area (Å²) in [5, 5.41) is 3.78. The fraction of sp³-hybridized carbons (Fsp3) is 0.0435. The van der Waals surface area contributed by atoms with Crippen LogP contribution in [-0.2, 0) is 14.8 Å².